The number of Topliss-reactive ketones (excluding diaryl/α,β-unsaturated/α-hetero) is 1. The van der Waals surface area contributed by atoms with Crippen molar-refractivity contribution in [2.24, 2.45) is 5.41 Å². The van der Waals surface area contributed by atoms with Gasteiger partial charge in [-0.05, 0) is 42.2 Å². The Bertz CT molecular complexity index is 895. The van der Waals surface area contributed by atoms with Crippen LogP contribution >= 0.6 is 0 Å². The molecule has 1 aliphatic carbocycles. The molecule has 0 spiro atoms. The van der Waals surface area contributed by atoms with Crippen LogP contribution in [0.2, 0.25) is 0 Å². The van der Waals surface area contributed by atoms with Crippen molar-refractivity contribution in [2.75, 3.05) is 12.4 Å². The second-order valence-electron chi connectivity index (χ2n) is 7.03. The smallest absolute Gasteiger partial charge is 0.261 e. The predicted molar refractivity (Wildman–Crippen MR) is 94.4 cm³/mol. The number of anilines is 1. The number of methoxy groups -OCH3 is 1. The summed E-state index contributed by atoms with van der Waals surface area (Å²) in [6.45, 7) is 3.97. The summed E-state index contributed by atoms with van der Waals surface area (Å²) in [5, 5.41) is 2.66. The number of ketones is 1. The number of carbonyl (C=O) groups is 2. The van der Waals surface area contributed by atoms with Crippen molar-refractivity contribution < 1.29 is 14.3 Å². The number of pyridine rings is 1. The fraction of sp³-hybridized carbons (Fsp3) is 0.316. The number of hydrogen-bond acceptors (Lipinski definition) is 4. The van der Waals surface area contributed by atoms with Gasteiger partial charge in [0.25, 0.3) is 11.5 Å². The van der Waals surface area contributed by atoms with Gasteiger partial charge >= 0.3 is 0 Å². The highest BCUT2D eigenvalue weighted by atomic mass is 16.5. The van der Waals surface area contributed by atoms with E-state index in [1.165, 1.54) is 6.07 Å². The van der Waals surface area contributed by atoms with Crippen LogP contribution in [0.25, 0.3) is 0 Å². The standard InChI is InChI=1S/C19H20N2O4/c1-19(2)9-15-13(16(22)10-19)8-14(18(24)21-15)17(23)20-11-4-6-12(25-3)7-5-11/h4-8H,9-10H2,1-3H3,(H,20,23)(H,21,24). The van der Waals surface area contributed by atoms with Gasteiger partial charge in [0.05, 0.1) is 7.11 Å². The van der Waals surface area contributed by atoms with Crippen molar-refractivity contribution in [3.63, 3.8) is 0 Å². The van der Waals surface area contributed by atoms with Crippen LogP contribution in [0.1, 0.15) is 46.7 Å². The van der Waals surface area contributed by atoms with Crippen LogP contribution in [0.15, 0.2) is 35.1 Å². The molecule has 25 heavy (non-hydrogen) atoms. The van der Waals surface area contributed by atoms with E-state index >= 15 is 0 Å². The van der Waals surface area contributed by atoms with Crippen molar-refractivity contribution in [2.45, 2.75) is 26.7 Å². The van der Waals surface area contributed by atoms with Gasteiger partial charge in [-0.25, -0.2) is 0 Å². The van der Waals surface area contributed by atoms with Gasteiger partial charge in [0, 0.05) is 23.4 Å². The fourth-order valence-electron chi connectivity index (χ4n) is 3.07. The van der Waals surface area contributed by atoms with Crippen LogP contribution in [0.5, 0.6) is 5.75 Å². The molecule has 130 valence electrons. The number of rotatable bonds is 3. The van der Waals surface area contributed by atoms with Crippen LogP contribution in [0, 0.1) is 5.41 Å². The monoisotopic (exact) mass is 340 g/mol. The molecule has 2 aromatic rings. The first kappa shape index (κ1) is 17.0. The van der Waals surface area contributed by atoms with Crippen molar-refractivity contribution in [1.29, 1.82) is 0 Å². The average molecular weight is 340 g/mol. The van der Waals surface area contributed by atoms with E-state index in [0.29, 0.717) is 35.5 Å². The van der Waals surface area contributed by atoms with Gasteiger partial charge in [0.1, 0.15) is 11.3 Å². The summed E-state index contributed by atoms with van der Waals surface area (Å²) < 4.78 is 5.06. The van der Waals surface area contributed by atoms with Gasteiger partial charge in [-0.3, -0.25) is 14.4 Å². The minimum atomic E-state index is -0.549. The maximum absolute atomic E-state index is 12.4. The molecule has 0 fully saturated rings. The van der Waals surface area contributed by atoms with Crippen LogP contribution in [0.3, 0.4) is 0 Å². The van der Waals surface area contributed by atoms with Crippen molar-refractivity contribution in [1.82, 2.24) is 4.98 Å². The number of carbonyl (C=O) groups excluding carboxylic acids is 2. The molecule has 0 saturated carbocycles. The number of fused-ring (bicyclic) bond motifs is 1. The quantitative estimate of drug-likeness (QED) is 0.899. The number of aromatic amines is 1. The largest absolute Gasteiger partial charge is 0.497 e. The highest BCUT2D eigenvalue weighted by Gasteiger charge is 2.32. The number of amides is 1. The van der Waals surface area contributed by atoms with E-state index in [1.807, 2.05) is 13.8 Å². The maximum atomic E-state index is 12.4. The zero-order valence-corrected chi connectivity index (χ0v) is 14.4. The molecule has 6 heteroatoms. The molecule has 1 heterocycles. The molecule has 0 unspecified atom stereocenters. The summed E-state index contributed by atoms with van der Waals surface area (Å²) in [6, 6.07) is 8.18. The number of nitrogens with one attached hydrogen (secondary N) is 2. The molecule has 0 atom stereocenters. The Morgan fingerprint density at radius 2 is 1.84 bits per heavy atom. The second kappa shape index (κ2) is 6.20. The Kier molecular flexibility index (Phi) is 4.20. The molecule has 0 bridgehead atoms. The zero-order valence-electron chi connectivity index (χ0n) is 14.4. The van der Waals surface area contributed by atoms with Gasteiger partial charge in [-0.1, -0.05) is 13.8 Å². The first-order valence-electron chi connectivity index (χ1n) is 8.04. The minimum absolute atomic E-state index is 0.0546. The summed E-state index contributed by atoms with van der Waals surface area (Å²) >= 11 is 0. The first-order valence-corrected chi connectivity index (χ1v) is 8.04. The molecule has 0 aliphatic heterocycles. The van der Waals surface area contributed by atoms with E-state index < -0.39 is 11.5 Å². The average Bonchev–Trinajstić information content (AvgIpc) is 2.53. The highest BCUT2D eigenvalue weighted by Crippen LogP contribution is 2.33. The molecule has 1 aliphatic rings. The Morgan fingerprint density at radius 3 is 2.48 bits per heavy atom. The first-order chi connectivity index (χ1) is 11.8. The number of hydrogen-bond donors (Lipinski definition) is 2. The number of ether oxygens (including phenoxy) is 1. The third-order valence-electron chi connectivity index (χ3n) is 4.31. The predicted octanol–water partition coefficient (Wildman–Crippen LogP) is 2.79. The van der Waals surface area contributed by atoms with Crippen LogP contribution < -0.4 is 15.6 Å². The molecular weight excluding hydrogens is 320 g/mol. The van der Waals surface area contributed by atoms with E-state index in [9.17, 15) is 14.4 Å². The Balaban J connectivity index is 1.90. The zero-order chi connectivity index (χ0) is 18.2. The topological polar surface area (TPSA) is 88.3 Å². The summed E-state index contributed by atoms with van der Waals surface area (Å²) in [7, 11) is 1.55. The summed E-state index contributed by atoms with van der Waals surface area (Å²) in [5.41, 5.74) is 0.819. The Hall–Kier alpha value is -2.89. The van der Waals surface area contributed by atoms with Gasteiger partial charge in [-0.15, -0.1) is 0 Å². The summed E-state index contributed by atoms with van der Waals surface area (Å²) in [4.78, 5) is 39.8. The highest BCUT2D eigenvalue weighted by molar-refractivity contribution is 6.06. The lowest BCUT2D eigenvalue weighted by Crippen LogP contribution is -2.32. The summed E-state index contributed by atoms with van der Waals surface area (Å²) in [5.74, 6) is 0.0608. The SMILES string of the molecule is COc1ccc(NC(=O)c2cc3c([nH]c2=O)CC(C)(C)CC3=O)cc1. The van der Waals surface area contributed by atoms with Gasteiger partial charge in [0.2, 0.25) is 0 Å². The van der Waals surface area contributed by atoms with Crippen LogP contribution in [-0.2, 0) is 6.42 Å². The van der Waals surface area contributed by atoms with E-state index in [-0.39, 0.29) is 16.8 Å². The lowest BCUT2D eigenvalue weighted by molar-refractivity contribution is 0.0910. The molecule has 6 nitrogen and oxygen atoms in total. The lowest BCUT2D eigenvalue weighted by atomic mass is 9.75. The molecule has 2 N–H and O–H groups in total. The number of H-pyrrole nitrogens is 1. The molecule has 1 aromatic heterocycles. The van der Waals surface area contributed by atoms with Gasteiger partial charge in [0.15, 0.2) is 5.78 Å². The Morgan fingerprint density at radius 1 is 1.16 bits per heavy atom. The lowest BCUT2D eigenvalue weighted by Gasteiger charge is -2.29. The molecule has 1 aromatic carbocycles. The molecule has 0 saturated heterocycles. The van der Waals surface area contributed by atoms with Crippen molar-refractivity contribution >= 4 is 17.4 Å². The van der Waals surface area contributed by atoms with E-state index in [4.69, 9.17) is 4.74 Å². The number of aromatic nitrogens is 1. The molecule has 1 amide bonds. The third-order valence-corrected chi connectivity index (χ3v) is 4.31. The minimum Gasteiger partial charge on any atom is -0.497 e. The van der Waals surface area contributed by atoms with Crippen LogP contribution in [-0.4, -0.2) is 23.8 Å². The molecule has 3 rings (SSSR count). The van der Waals surface area contributed by atoms with E-state index in [2.05, 4.69) is 10.3 Å². The summed E-state index contributed by atoms with van der Waals surface area (Å²) in [6.07, 6.45) is 0.995. The van der Waals surface area contributed by atoms with Gasteiger partial charge < -0.3 is 15.0 Å². The van der Waals surface area contributed by atoms with E-state index in [0.717, 1.165) is 0 Å². The molecular formula is C19H20N2O4. The third kappa shape index (κ3) is 3.47. The van der Waals surface area contributed by atoms with E-state index in [1.54, 1.807) is 31.4 Å². The normalized spacial score (nSPS) is 15.4. The Labute approximate surface area is 145 Å². The second-order valence-corrected chi connectivity index (χ2v) is 7.03. The number of benzene rings is 1. The van der Waals surface area contributed by atoms with Crippen molar-refractivity contribution in [3.8, 4) is 5.75 Å². The van der Waals surface area contributed by atoms with Crippen LogP contribution in [0.4, 0.5) is 5.69 Å². The van der Waals surface area contributed by atoms with Crippen molar-refractivity contribution in [3.05, 3.63) is 57.5 Å². The van der Waals surface area contributed by atoms with Gasteiger partial charge in [-0.2, -0.15) is 0 Å². The molecule has 0 radical (unpaired) electrons. The fourth-order valence-corrected chi connectivity index (χ4v) is 3.07. The maximum Gasteiger partial charge on any atom is 0.261 e.